The highest BCUT2D eigenvalue weighted by atomic mass is 19.1. The molecule has 39 heavy (non-hydrogen) atoms. The highest BCUT2D eigenvalue weighted by molar-refractivity contribution is 5.91. The third-order valence-electron chi connectivity index (χ3n) is 6.30. The Morgan fingerprint density at radius 3 is 2.15 bits per heavy atom. The Morgan fingerprint density at radius 1 is 0.795 bits per heavy atom. The Kier molecular flexibility index (Phi) is 9.05. The van der Waals surface area contributed by atoms with E-state index in [4.69, 9.17) is 14.2 Å². The molecule has 0 saturated carbocycles. The van der Waals surface area contributed by atoms with Crippen LogP contribution in [-0.4, -0.2) is 29.4 Å². The molecule has 0 fully saturated rings. The third-order valence-corrected chi connectivity index (χ3v) is 6.30. The lowest BCUT2D eigenvalue weighted by molar-refractivity contribution is 0.0694. The minimum absolute atomic E-state index is 0.0685. The minimum atomic E-state index is -1.05. The van der Waals surface area contributed by atoms with E-state index in [1.165, 1.54) is 18.2 Å². The standard InChI is InChI=1S/C32H31FO6/c1-3-21-19-26(22-13-15-23(33)16-14-22)27(34)20-31(21)38-18-8-17-37-28-11-7-12-29(24(28)4-2)39-30-10-6-5-9-25(30)32(35)36/h5-7,9-16,19-20,34H,3-4,8,17-18H2,1-2H3,(H,35,36). The number of phenolic OH excluding ortho intramolecular Hbond substituents is 1. The van der Waals surface area contributed by atoms with E-state index in [9.17, 15) is 19.4 Å². The summed E-state index contributed by atoms with van der Waals surface area (Å²) in [5.41, 5.74) is 3.22. The lowest BCUT2D eigenvalue weighted by atomic mass is 10.00. The molecule has 4 aromatic rings. The maximum Gasteiger partial charge on any atom is 0.339 e. The molecule has 0 radical (unpaired) electrons. The second-order valence-electron chi connectivity index (χ2n) is 8.88. The average molecular weight is 531 g/mol. The number of para-hydroxylation sites is 1. The molecule has 0 unspecified atom stereocenters. The van der Waals surface area contributed by atoms with Gasteiger partial charge >= 0.3 is 5.97 Å². The predicted molar refractivity (Wildman–Crippen MR) is 148 cm³/mol. The summed E-state index contributed by atoms with van der Waals surface area (Å²) in [5, 5.41) is 20.0. The summed E-state index contributed by atoms with van der Waals surface area (Å²) in [6, 6.07) is 21.5. The molecule has 4 aromatic carbocycles. The number of aromatic carboxylic acids is 1. The largest absolute Gasteiger partial charge is 0.507 e. The molecule has 0 aliphatic rings. The number of ether oxygens (including phenoxy) is 3. The zero-order chi connectivity index (χ0) is 27.8. The summed E-state index contributed by atoms with van der Waals surface area (Å²) < 4.78 is 31.3. The fourth-order valence-electron chi connectivity index (χ4n) is 4.28. The van der Waals surface area contributed by atoms with Crippen LogP contribution in [0, 0.1) is 5.82 Å². The van der Waals surface area contributed by atoms with Crippen molar-refractivity contribution in [2.24, 2.45) is 0 Å². The van der Waals surface area contributed by atoms with E-state index in [0.29, 0.717) is 55.3 Å². The molecule has 0 atom stereocenters. The summed E-state index contributed by atoms with van der Waals surface area (Å²) in [7, 11) is 0. The van der Waals surface area contributed by atoms with E-state index in [1.54, 1.807) is 42.5 Å². The first-order chi connectivity index (χ1) is 18.9. The van der Waals surface area contributed by atoms with Gasteiger partial charge in [-0.1, -0.05) is 44.2 Å². The second kappa shape index (κ2) is 12.8. The number of hydrogen-bond donors (Lipinski definition) is 2. The molecule has 0 aliphatic heterocycles. The number of phenols is 1. The van der Waals surface area contributed by atoms with Crippen molar-refractivity contribution < 1.29 is 33.6 Å². The Bertz CT molecular complexity index is 1430. The Balaban J connectivity index is 1.38. The van der Waals surface area contributed by atoms with E-state index in [-0.39, 0.29) is 22.9 Å². The fourth-order valence-corrected chi connectivity index (χ4v) is 4.28. The van der Waals surface area contributed by atoms with Gasteiger partial charge in [0.25, 0.3) is 0 Å². The maximum atomic E-state index is 13.3. The SMILES string of the molecule is CCc1cc(-c2ccc(F)cc2)c(O)cc1OCCCOc1cccc(Oc2ccccc2C(=O)O)c1CC. The van der Waals surface area contributed by atoms with Crippen LogP contribution in [0.5, 0.6) is 28.7 Å². The number of aryl methyl sites for hydroxylation is 1. The number of carboxylic acid groups (broad SMARTS) is 1. The Labute approximate surface area is 227 Å². The molecule has 0 bridgehead atoms. The quantitative estimate of drug-likeness (QED) is 0.183. The number of benzene rings is 4. The van der Waals surface area contributed by atoms with Gasteiger partial charge in [0.15, 0.2) is 0 Å². The normalized spacial score (nSPS) is 10.7. The Hall–Kier alpha value is -4.52. The molecule has 6 nitrogen and oxygen atoms in total. The molecule has 2 N–H and O–H groups in total. The lowest BCUT2D eigenvalue weighted by Gasteiger charge is -2.17. The number of carbonyl (C=O) groups is 1. The zero-order valence-corrected chi connectivity index (χ0v) is 21.9. The van der Waals surface area contributed by atoms with Gasteiger partial charge in [0.05, 0.1) is 13.2 Å². The van der Waals surface area contributed by atoms with Crippen LogP contribution in [-0.2, 0) is 12.8 Å². The van der Waals surface area contributed by atoms with Crippen molar-refractivity contribution in [3.63, 3.8) is 0 Å². The molecule has 4 rings (SSSR count). The van der Waals surface area contributed by atoms with Crippen LogP contribution >= 0.6 is 0 Å². The van der Waals surface area contributed by atoms with Gasteiger partial charge in [0, 0.05) is 23.6 Å². The lowest BCUT2D eigenvalue weighted by Crippen LogP contribution is -2.07. The molecule has 0 spiro atoms. The van der Waals surface area contributed by atoms with E-state index in [0.717, 1.165) is 16.7 Å². The van der Waals surface area contributed by atoms with Crippen LogP contribution in [0.15, 0.2) is 78.9 Å². The monoisotopic (exact) mass is 530 g/mol. The van der Waals surface area contributed by atoms with Gasteiger partial charge < -0.3 is 24.4 Å². The summed E-state index contributed by atoms with van der Waals surface area (Å²) in [5.74, 6) is 0.764. The minimum Gasteiger partial charge on any atom is -0.507 e. The van der Waals surface area contributed by atoms with Gasteiger partial charge in [0.2, 0.25) is 0 Å². The van der Waals surface area contributed by atoms with Crippen molar-refractivity contribution in [1.82, 2.24) is 0 Å². The average Bonchev–Trinajstić information content (AvgIpc) is 2.94. The first-order valence-corrected chi connectivity index (χ1v) is 12.9. The van der Waals surface area contributed by atoms with Crippen LogP contribution in [0.4, 0.5) is 4.39 Å². The van der Waals surface area contributed by atoms with Gasteiger partial charge in [0.1, 0.15) is 40.1 Å². The molecule has 0 aromatic heterocycles. The van der Waals surface area contributed by atoms with Crippen molar-refractivity contribution in [2.45, 2.75) is 33.1 Å². The van der Waals surface area contributed by atoms with Crippen molar-refractivity contribution in [2.75, 3.05) is 13.2 Å². The summed E-state index contributed by atoms with van der Waals surface area (Å²) >= 11 is 0. The highest BCUT2D eigenvalue weighted by Crippen LogP contribution is 2.36. The van der Waals surface area contributed by atoms with E-state index in [1.807, 2.05) is 32.0 Å². The van der Waals surface area contributed by atoms with Crippen LogP contribution in [0.3, 0.4) is 0 Å². The van der Waals surface area contributed by atoms with E-state index >= 15 is 0 Å². The number of halogens is 1. The highest BCUT2D eigenvalue weighted by Gasteiger charge is 2.15. The first kappa shape index (κ1) is 27.5. The molecule has 0 saturated heterocycles. The number of rotatable bonds is 12. The van der Waals surface area contributed by atoms with Gasteiger partial charge in [-0.05, 0) is 66.4 Å². The number of aromatic hydroxyl groups is 1. The van der Waals surface area contributed by atoms with Crippen LogP contribution < -0.4 is 14.2 Å². The van der Waals surface area contributed by atoms with E-state index in [2.05, 4.69) is 0 Å². The van der Waals surface area contributed by atoms with Gasteiger partial charge in [-0.15, -0.1) is 0 Å². The van der Waals surface area contributed by atoms with Crippen molar-refractivity contribution in [3.8, 4) is 39.9 Å². The smallest absolute Gasteiger partial charge is 0.339 e. The second-order valence-corrected chi connectivity index (χ2v) is 8.88. The van der Waals surface area contributed by atoms with Crippen molar-refractivity contribution >= 4 is 5.97 Å². The molecular weight excluding hydrogens is 499 g/mol. The molecule has 202 valence electrons. The molecule has 0 amide bonds. The van der Waals surface area contributed by atoms with Crippen LogP contribution in [0.2, 0.25) is 0 Å². The van der Waals surface area contributed by atoms with Gasteiger partial charge in [-0.2, -0.15) is 0 Å². The summed E-state index contributed by atoms with van der Waals surface area (Å²) in [6.45, 7) is 4.76. The Morgan fingerprint density at radius 2 is 1.46 bits per heavy atom. The summed E-state index contributed by atoms with van der Waals surface area (Å²) in [6.07, 6.45) is 1.94. The fraction of sp³-hybridized carbons (Fsp3) is 0.219. The number of hydrogen-bond acceptors (Lipinski definition) is 5. The van der Waals surface area contributed by atoms with Gasteiger partial charge in [-0.25, -0.2) is 9.18 Å². The molecule has 0 aliphatic carbocycles. The third kappa shape index (κ3) is 6.68. The van der Waals surface area contributed by atoms with Crippen LogP contribution in [0.25, 0.3) is 11.1 Å². The van der Waals surface area contributed by atoms with Gasteiger partial charge in [-0.3, -0.25) is 0 Å². The first-order valence-electron chi connectivity index (χ1n) is 12.9. The maximum absolute atomic E-state index is 13.3. The topological polar surface area (TPSA) is 85.2 Å². The number of carboxylic acids is 1. The summed E-state index contributed by atoms with van der Waals surface area (Å²) in [4.78, 5) is 11.5. The predicted octanol–water partition coefficient (Wildman–Crippen LogP) is 7.66. The molecule has 0 heterocycles. The van der Waals surface area contributed by atoms with E-state index < -0.39 is 5.97 Å². The molecular formula is C32H31FO6. The van der Waals surface area contributed by atoms with Crippen molar-refractivity contribution in [1.29, 1.82) is 0 Å². The molecule has 7 heteroatoms. The zero-order valence-electron chi connectivity index (χ0n) is 21.9. The van der Waals surface area contributed by atoms with Crippen molar-refractivity contribution in [3.05, 3.63) is 101 Å². The van der Waals surface area contributed by atoms with Crippen LogP contribution in [0.1, 0.15) is 41.8 Å².